The van der Waals surface area contributed by atoms with Gasteiger partial charge < -0.3 is 14.8 Å². The minimum absolute atomic E-state index is 0.287. The van der Waals surface area contributed by atoms with Crippen molar-refractivity contribution in [3.63, 3.8) is 0 Å². The summed E-state index contributed by atoms with van der Waals surface area (Å²) in [7, 11) is 0. The van der Waals surface area contributed by atoms with Gasteiger partial charge in [-0.05, 0) is 12.8 Å². The average molecular weight is 238 g/mol. The topological polar surface area (TPSA) is 61.2 Å². The van der Waals surface area contributed by atoms with E-state index in [9.17, 15) is 0 Å². The van der Waals surface area contributed by atoms with Gasteiger partial charge in [-0.15, -0.1) is 5.10 Å². The van der Waals surface area contributed by atoms with Crippen LogP contribution in [-0.2, 0) is 22.6 Å². The number of ether oxygens (including phenoxy) is 2. The lowest BCUT2D eigenvalue weighted by molar-refractivity contribution is -0.131. The largest absolute Gasteiger partial charge is 0.376 e. The van der Waals surface area contributed by atoms with Crippen molar-refractivity contribution >= 4 is 0 Å². The molecule has 3 rings (SSSR count). The van der Waals surface area contributed by atoms with Crippen molar-refractivity contribution in [2.24, 2.45) is 0 Å². The first-order chi connectivity index (χ1) is 8.40. The standard InChI is InChI=1S/C11H18N4O2/c1-2-9(1)12-5-10-6-15(14-13-10)3-4-17-11-7-16-8-11/h6,9,11-12H,1-5,7-8H2. The van der Waals surface area contributed by atoms with E-state index in [1.807, 2.05) is 10.9 Å². The molecule has 0 aromatic carbocycles. The summed E-state index contributed by atoms with van der Waals surface area (Å²) < 4.78 is 12.4. The van der Waals surface area contributed by atoms with E-state index in [1.165, 1.54) is 12.8 Å². The van der Waals surface area contributed by atoms with Gasteiger partial charge >= 0.3 is 0 Å². The SMILES string of the molecule is c1c(CNC2CC2)nnn1CCOC1COC1. The first-order valence-corrected chi connectivity index (χ1v) is 6.22. The smallest absolute Gasteiger partial charge is 0.104 e. The van der Waals surface area contributed by atoms with Crippen LogP contribution >= 0.6 is 0 Å². The maximum Gasteiger partial charge on any atom is 0.104 e. The van der Waals surface area contributed by atoms with E-state index in [4.69, 9.17) is 9.47 Å². The highest BCUT2D eigenvalue weighted by Gasteiger charge is 2.20. The Morgan fingerprint density at radius 1 is 1.47 bits per heavy atom. The summed E-state index contributed by atoms with van der Waals surface area (Å²) in [6, 6.07) is 0.710. The zero-order valence-corrected chi connectivity index (χ0v) is 9.84. The van der Waals surface area contributed by atoms with Crippen molar-refractivity contribution < 1.29 is 9.47 Å². The molecule has 0 radical (unpaired) electrons. The Kier molecular flexibility index (Phi) is 3.35. The number of hydrogen-bond donors (Lipinski definition) is 1. The van der Waals surface area contributed by atoms with Gasteiger partial charge in [0.05, 0.1) is 32.1 Å². The molecule has 0 atom stereocenters. The molecule has 1 N–H and O–H groups in total. The van der Waals surface area contributed by atoms with Gasteiger partial charge in [0.15, 0.2) is 0 Å². The van der Waals surface area contributed by atoms with Crippen LogP contribution in [0.3, 0.4) is 0 Å². The predicted octanol–water partition coefficient (Wildman–Crippen LogP) is -0.0545. The third-order valence-electron chi connectivity index (χ3n) is 3.02. The summed E-state index contributed by atoms with van der Waals surface area (Å²) >= 11 is 0. The predicted molar refractivity (Wildman–Crippen MR) is 60.4 cm³/mol. The summed E-state index contributed by atoms with van der Waals surface area (Å²) in [6.07, 6.45) is 4.86. The molecular weight excluding hydrogens is 220 g/mol. The van der Waals surface area contributed by atoms with Crippen LogP contribution in [0.5, 0.6) is 0 Å². The van der Waals surface area contributed by atoms with E-state index >= 15 is 0 Å². The summed E-state index contributed by atoms with van der Waals surface area (Å²) in [5.74, 6) is 0. The number of hydrogen-bond acceptors (Lipinski definition) is 5. The highest BCUT2D eigenvalue weighted by Crippen LogP contribution is 2.18. The maximum atomic E-state index is 5.57. The Bertz CT molecular complexity index is 360. The molecule has 1 aromatic heterocycles. The second-order valence-electron chi connectivity index (χ2n) is 4.66. The molecular formula is C11H18N4O2. The Morgan fingerprint density at radius 2 is 2.35 bits per heavy atom. The average Bonchev–Trinajstić information content (AvgIpc) is 2.99. The van der Waals surface area contributed by atoms with Gasteiger partial charge in [-0.25, -0.2) is 4.68 Å². The monoisotopic (exact) mass is 238 g/mol. The van der Waals surface area contributed by atoms with Crippen molar-refractivity contribution in [3.05, 3.63) is 11.9 Å². The summed E-state index contributed by atoms with van der Waals surface area (Å²) in [4.78, 5) is 0. The molecule has 94 valence electrons. The van der Waals surface area contributed by atoms with Crippen LogP contribution in [0.25, 0.3) is 0 Å². The molecule has 1 aliphatic heterocycles. The minimum atomic E-state index is 0.287. The number of nitrogens with zero attached hydrogens (tertiary/aromatic N) is 3. The molecule has 2 heterocycles. The first-order valence-electron chi connectivity index (χ1n) is 6.22. The van der Waals surface area contributed by atoms with Gasteiger partial charge in [0.2, 0.25) is 0 Å². The molecule has 0 bridgehead atoms. The van der Waals surface area contributed by atoms with Gasteiger partial charge in [-0.1, -0.05) is 5.21 Å². The van der Waals surface area contributed by atoms with Crippen LogP contribution in [-0.4, -0.2) is 47.0 Å². The first kappa shape index (κ1) is 11.1. The lowest BCUT2D eigenvalue weighted by Crippen LogP contribution is -2.36. The van der Waals surface area contributed by atoms with Crippen LogP contribution in [0.1, 0.15) is 18.5 Å². The van der Waals surface area contributed by atoms with E-state index in [-0.39, 0.29) is 6.10 Å². The Labute approximate surface area is 100 Å². The molecule has 1 saturated carbocycles. The van der Waals surface area contributed by atoms with E-state index in [0.29, 0.717) is 12.6 Å². The number of nitrogens with one attached hydrogen (secondary N) is 1. The van der Waals surface area contributed by atoms with E-state index < -0.39 is 0 Å². The zero-order chi connectivity index (χ0) is 11.5. The number of aromatic nitrogens is 3. The molecule has 1 aliphatic carbocycles. The molecule has 0 unspecified atom stereocenters. The highest BCUT2D eigenvalue weighted by atomic mass is 16.6. The molecule has 1 aromatic rings. The van der Waals surface area contributed by atoms with E-state index in [1.54, 1.807) is 0 Å². The molecule has 2 aliphatic rings. The molecule has 1 saturated heterocycles. The second-order valence-corrected chi connectivity index (χ2v) is 4.66. The van der Waals surface area contributed by atoms with Crippen LogP contribution in [0.15, 0.2) is 6.20 Å². The van der Waals surface area contributed by atoms with Crippen LogP contribution in [0, 0.1) is 0 Å². The molecule has 0 amide bonds. The fraction of sp³-hybridized carbons (Fsp3) is 0.818. The lowest BCUT2D eigenvalue weighted by Gasteiger charge is -2.25. The van der Waals surface area contributed by atoms with Gasteiger partial charge in [0.1, 0.15) is 6.10 Å². The summed E-state index contributed by atoms with van der Waals surface area (Å²) in [5.41, 5.74) is 1.00. The minimum Gasteiger partial charge on any atom is -0.376 e. The highest BCUT2D eigenvalue weighted by molar-refractivity contribution is 4.94. The summed E-state index contributed by atoms with van der Waals surface area (Å²) in [5, 5.41) is 11.6. The van der Waals surface area contributed by atoms with Gasteiger partial charge in [0, 0.05) is 18.8 Å². The third-order valence-corrected chi connectivity index (χ3v) is 3.02. The van der Waals surface area contributed by atoms with Crippen LogP contribution in [0.4, 0.5) is 0 Å². The van der Waals surface area contributed by atoms with Crippen LogP contribution < -0.4 is 5.32 Å². The molecule has 2 fully saturated rings. The van der Waals surface area contributed by atoms with Crippen molar-refractivity contribution in [1.29, 1.82) is 0 Å². The maximum absolute atomic E-state index is 5.57. The fourth-order valence-corrected chi connectivity index (χ4v) is 1.69. The summed E-state index contributed by atoms with van der Waals surface area (Å²) in [6.45, 7) is 3.71. The Balaban J connectivity index is 1.36. The van der Waals surface area contributed by atoms with Crippen molar-refractivity contribution in [1.82, 2.24) is 20.3 Å². The van der Waals surface area contributed by atoms with Crippen LogP contribution in [0.2, 0.25) is 0 Å². The zero-order valence-electron chi connectivity index (χ0n) is 9.84. The quantitative estimate of drug-likeness (QED) is 0.721. The van der Waals surface area contributed by atoms with E-state index in [0.717, 1.165) is 32.0 Å². The van der Waals surface area contributed by atoms with Gasteiger partial charge in [0.25, 0.3) is 0 Å². The van der Waals surface area contributed by atoms with Gasteiger partial charge in [-0.3, -0.25) is 0 Å². The molecule has 6 heteroatoms. The van der Waals surface area contributed by atoms with Crippen molar-refractivity contribution in [3.8, 4) is 0 Å². The van der Waals surface area contributed by atoms with Crippen molar-refractivity contribution in [2.75, 3.05) is 19.8 Å². The van der Waals surface area contributed by atoms with Crippen molar-refractivity contribution in [2.45, 2.75) is 38.1 Å². The normalized spacial score (nSPS) is 20.5. The molecule has 6 nitrogen and oxygen atoms in total. The lowest BCUT2D eigenvalue weighted by atomic mass is 10.3. The molecule has 0 spiro atoms. The fourth-order valence-electron chi connectivity index (χ4n) is 1.69. The van der Waals surface area contributed by atoms with Gasteiger partial charge in [-0.2, -0.15) is 0 Å². The third kappa shape index (κ3) is 3.24. The Hall–Kier alpha value is -0.980. The van der Waals surface area contributed by atoms with E-state index in [2.05, 4.69) is 15.6 Å². The molecule has 17 heavy (non-hydrogen) atoms. The number of rotatable bonds is 7. The Morgan fingerprint density at radius 3 is 3.06 bits per heavy atom. The second kappa shape index (κ2) is 5.12.